The van der Waals surface area contributed by atoms with Crippen molar-refractivity contribution in [2.75, 3.05) is 38.5 Å². The third kappa shape index (κ3) is 6.85. The molecule has 1 saturated heterocycles. The van der Waals surface area contributed by atoms with Crippen LogP contribution in [0.15, 0.2) is 0 Å². The molecule has 7 nitrogen and oxygen atoms in total. The highest BCUT2D eigenvalue weighted by Gasteiger charge is 2.24. The van der Waals surface area contributed by atoms with Crippen LogP contribution in [-0.2, 0) is 14.8 Å². The molecule has 120 valence electrons. The Kier molecular flexibility index (Phi) is 8.60. The Labute approximate surface area is 127 Å². The van der Waals surface area contributed by atoms with Crippen LogP contribution >= 0.6 is 12.4 Å². The number of carbonyl (C=O) groups excluding carboxylic acids is 1. The van der Waals surface area contributed by atoms with E-state index in [1.807, 2.05) is 11.8 Å². The molecule has 20 heavy (non-hydrogen) atoms. The quantitative estimate of drug-likeness (QED) is 0.647. The van der Waals surface area contributed by atoms with Crippen molar-refractivity contribution in [3.63, 3.8) is 0 Å². The number of halogens is 1. The van der Waals surface area contributed by atoms with Gasteiger partial charge in [-0.15, -0.1) is 12.4 Å². The standard InChI is InChI=1S/C11H24N4O3S.ClH/c1-2-3-10(12)11(16)15-6-4-14(5-7-15)8-9-19(13,17)18;/h10H,2-9,12H2,1H3,(H2,13,17,18);1H. The lowest BCUT2D eigenvalue weighted by Gasteiger charge is -2.35. The van der Waals surface area contributed by atoms with E-state index in [0.29, 0.717) is 39.1 Å². The molecular formula is C11H25ClN4O3S. The minimum absolute atomic E-state index is 0. The van der Waals surface area contributed by atoms with Gasteiger partial charge in [0.1, 0.15) is 0 Å². The second-order valence-electron chi connectivity index (χ2n) is 4.93. The number of nitrogens with zero attached hydrogens (tertiary/aromatic N) is 2. The van der Waals surface area contributed by atoms with Gasteiger partial charge in [-0.25, -0.2) is 13.6 Å². The molecule has 1 rings (SSSR count). The first-order valence-corrected chi connectivity index (χ1v) is 8.32. The van der Waals surface area contributed by atoms with Gasteiger partial charge in [-0.2, -0.15) is 0 Å². The Morgan fingerprint density at radius 3 is 2.25 bits per heavy atom. The van der Waals surface area contributed by atoms with E-state index in [0.717, 1.165) is 6.42 Å². The van der Waals surface area contributed by atoms with Crippen LogP contribution in [0.4, 0.5) is 0 Å². The minimum atomic E-state index is -3.42. The zero-order valence-electron chi connectivity index (χ0n) is 11.8. The number of hydrogen-bond acceptors (Lipinski definition) is 5. The first-order chi connectivity index (χ1) is 8.83. The topological polar surface area (TPSA) is 110 Å². The number of sulfonamides is 1. The number of rotatable bonds is 6. The monoisotopic (exact) mass is 328 g/mol. The van der Waals surface area contributed by atoms with Gasteiger partial charge >= 0.3 is 0 Å². The van der Waals surface area contributed by atoms with Crippen molar-refractivity contribution in [3.05, 3.63) is 0 Å². The van der Waals surface area contributed by atoms with Gasteiger partial charge in [-0.3, -0.25) is 9.69 Å². The van der Waals surface area contributed by atoms with Gasteiger partial charge in [0.25, 0.3) is 0 Å². The first kappa shape index (κ1) is 19.6. The van der Waals surface area contributed by atoms with Crippen LogP contribution in [-0.4, -0.2) is 68.6 Å². The maximum atomic E-state index is 12.0. The Hall–Kier alpha value is -0.410. The maximum Gasteiger partial charge on any atom is 0.239 e. The second kappa shape index (κ2) is 8.78. The lowest BCUT2D eigenvalue weighted by molar-refractivity contribution is -0.134. The maximum absolute atomic E-state index is 12.0. The Morgan fingerprint density at radius 1 is 1.25 bits per heavy atom. The zero-order valence-corrected chi connectivity index (χ0v) is 13.5. The molecule has 0 aliphatic carbocycles. The van der Waals surface area contributed by atoms with Crippen LogP contribution in [0.25, 0.3) is 0 Å². The first-order valence-electron chi connectivity index (χ1n) is 6.60. The van der Waals surface area contributed by atoms with Crippen molar-refractivity contribution >= 4 is 28.3 Å². The van der Waals surface area contributed by atoms with Crippen molar-refractivity contribution < 1.29 is 13.2 Å². The SMILES string of the molecule is CCCC(N)C(=O)N1CCN(CCS(N)(=O)=O)CC1.Cl. The number of nitrogens with two attached hydrogens (primary N) is 2. The highest BCUT2D eigenvalue weighted by molar-refractivity contribution is 7.89. The number of amides is 1. The molecule has 4 N–H and O–H groups in total. The molecule has 1 unspecified atom stereocenters. The van der Waals surface area contributed by atoms with Gasteiger partial charge in [-0.05, 0) is 6.42 Å². The fraction of sp³-hybridized carbons (Fsp3) is 0.909. The van der Waals surface area contributed by atoms with Crippen LogP contribution in [0.2, 0.25) is 0 Å². The molecule has 0 aromatic carbocycles. The lowest BCUT2D eigenvalue weighted by atomic mass is 10.1. The summed E-state index contributed by atoms with van der Waals surface area (Å²) in [4.78, 5) is 15.7. The smallest absolute Gasteiger partial charge is 0.239 e. The highest BCUT2D eigenvalue weighted by Crippen LogP contribution is 2.06. The molecule has 9 heteroatoms. The van der Waals surface area contributed by atoms with Crippen LogP contribution in [0.5, 0.6) is 0 Å². The summed E-state index contributed by atoms with van der Waals surface area (Å²) in [5, 5.41) is 4.97. The molecule has 0 saturated carbocycles. The van der Waals surface area contributed by atoms with E-state index >= 15 is 0 Å². The van der Waals surface area contributed by atoms with E-state index in [-0.39, 0.29) is 24.1 Å². The van der Waals surface area contributed by atoms with Gasteiger partial charge in [-0.1, -0.05) is 13.3 Å². The fourth-order valence-corrected chi connectivity index (χ4v) is 2.63. The molecule has 1 heterocycles. The number of piperazine rings is 1. The second-order valence-corrected chi connectivity index (χ2v) is 6.66. The normalized spacial score (nSPS) is 18.4. The minimum Gasteiger partial charge on any atom is -0.339 e. The van der Waals surface area contributed by atoms with Gasteiger partial charge in [0.05, 0.1) is 11.8 Å². The lowest BCUT2D eigenvalue weighted by Crippen LogP contribution is -2.53. The van der Waals surface area contributed by atoms with Crippen LogP contribution < -0.4 is 10.9 Å². The molecule has 1 aliphatic heterocycles. The van der Waals surface area contributed by atoms with Gasteiger partial charge in [0.15, 0.2) is 0 Å². The predicted molar refractivity (Wildman–Crippen MR) is 81.1 cm³/mol. The van der Waals surface area contributed by atoms with Crippen molar-refractivity contribution in [1.82, 2.24) is 9.80 Å². The summed E-state index contributed by atoms with van der Waals surface area (Å²) in [6.45, 7) is 4.95. The van der Waals surface area contributed by atoms with E-state index in [2.05, 4.69) is 0 Å². The molecule has 1 atom stereocenters. The molecule has 1 amide bonds. The van der Waals surface area contributed by atoms with Crippen LogP contribution in [0.3, 0.4) is 0 Å². The molecule has 1 aliphatic rings. The molecular weight excluding hydrogens is 304 g/mol. The summed E-state index contributed by atoms with van der Waals surface area (Å²) < 4.78 is 21.8. The van der Waals surface area contributed by atoms with E-state index < -0.39 is 16.1 Å². The predicted octanol–water partition coefficient (Wildman–Crippen LogP) is -1.03. The average Bonchev–Trinajstić information content (AvgIpc) is 2.35. The fourth-order valence-electron chi connectivity index (χ4n) is 2.12. The summed E-state index contributed by atoms with van der Waals surface area (Å²) in [6.07, 6.45) is 1.59. The highest BCUT2D eigenvalue weighted by atomic mass is 35.5. The number of carbonyl (C=O) groups is 1. The summed E-state index contributed by atoms with van der Waals surface area (Å²) in [5.74, 6) is -0.0519. The molecule has 1 fully saturated rings. The van der Waals surface area contributed by atoms with E-state index in [1.165, 1.54) is 0 Å². The van der Waals surface area contributed by atoms with Gasteiger partial charge in [0, 0.05) is 32.7 Å². The Balaban J connectivity index is 0.00000361. The van der Waals surface area contributed by atoms with Crippen LogP contribution in [0.1, 0.15) is 19.8 Å². The van der Waals surface area contributed by atoms with E-state index in [1.54, 1.807) is 4.90 Å². The molecule has 0 aromatic rings. The van der Waals surface area contributed by atoms with Gasteiger partial charge in [0.2, 0.25) is 15.9 Å². The summed E-state index contributed by atoms with van der Waals surface area (Å²) in [7, 11) is -3.42. The molecule has 0 radical (unpaired) electrons. The molecule has 0 aromatic heterocycles. The zero-order chi connectivity index (χ0) is 14.5. The number of primary sulfonamides is 1. The Morgan fingerprint density at radius 2 is 1.80 bits per heavy atom. The summed E-state index contributed by atoms with van der Waals surface area (Å²) in [6, 6.07) is -0.416. The van der Waals surface area contributed by atoms with E-state index in [4.69, 9.17) is 10.9 Å². The molecule has 0 spiro atoms. The third-order valence-electron chi connectivity index (χ3n) is 3.29. The molecule has 0 bridgehead atoms. The summed E-state index contributed by atoms with van der Waals surface area (Å²) in [5.41, 5.74) is 5.81. The largest absolute Gasteiger partial charge is 0.339 e. The summed E-state index contributed by atoms with van der Waals surface area (Å²) >= 11 is 0. The van der Waals surface area contributed by atoms with E-state index in [9.17, 15) is 13.2 Å². The van der Waals surface area contributed by atoms with Crippen molar-refractivity contribution in [3.8, 4) is 0 Å². The van der Waals surface area contributed by atoms with Crippen molar-refractivity contribution in [1.29, 1.82) is 0 Å². The number of hydrogen-bond donors (Lipinski definition) is 2. The van der Waals surface area contributed by atoms with Crippen molar-refractivity contribution in [2.45, 2.75) is 25.8 Å². The van der Waals surface area contributed by atoms with Crippen LogP contribution in [0, 0.1) is 0 Å². The third-order valence-corrected chi connectivity index (χ3v) is 4.04. The average molecular weight is 329 g/mol. The van der Waals surface area contributed by atoms with Gasteiger partial charge < -0.3 is 10.6 Å². The Bertz CT molecular complexity index is 396. The van der Waals surface area contributed by atoms with Crippen molar-refractivity contribution in [2.24, 2.45) is 10.9 Å².